The normalized spacial score (nSPS) is 10.8. The van der Waals surface area contributed by atoms with Crippen molar-refractivity contribution in [2.24, 2.45) is 0 Å². The van der Waals surface area contributed by atoms with E-state index >= 15 is 0 Å². The van der Waals surface area contributed by atoms with Gasteiger partial charge >= 0.3 is 5.97 Å². The van der Waals surface area contributed by atoms with Crippen molar-refractivity contribution in [3.63, 3.8) is 0 Å². The van der Waals surface area contributed by atoms with Crippen LogP contribution in [0.15, 0.2) is 36.7 Å². The van der Waals surface area contributed by atoms with E-state index in [1.807, 2.05) is 13.8 Å². The number of aliphatic carboxylic acids is 1. The minimum atomic E-state index is -0.927. The maximum atomic E-state index is 13.8. The van der Waals surface area contributed by atoms with Crippen LogP contribution in [0.3, 0.4) is 0 Å². The van der Waals surface area contributed by atoms with Crippen LogP contribution in [0.2, 0.25) is 0 Å². The Morgan fingerprint density at radius 2 is 2.15 bits per heavy atom. The number of rotatable bonds is 4. The third kappa shape index (κ3) is 3.02. The van der Waals surface area contributed by atoms with Gasteiger partial charge in [0.25, 0.3) is 0 Å². The van der Waals surface area contributed by atoms with Crippen LogP contribution < -0.4 is 0 Å². The summed E-state index contributed by atoms with van der Waals surface area (Å²) in [5.74, 6) is -1.24. The molecule has 0 unspecified atom stereocenters. The Bertz CT molecular complexity index is 624. The number of halogens is 1. The fraction of sp³-hybridized carbons (Fsp3) is 0.250. The molecule has 1 aromatic heterocycles. The van der Waals surface area contributed by atoms with Crippen molar-refractivity contribution in [3.8, 4) is 11.1 Å². The molecule has 0 amide bonds. The molecule has 0 bridgehead atoms. The summed E-state index contributed by atoms with van der Waals surface area (Å²) in [7, 11) is 0. The predicted molar refractivity (Wildman–Crippen MR) is 75.1 cm³/mol. The smallest absolute Gasteiger partial charge is 0.307 e. The summed E-state index contributed by atoms with van der Waals surface area (Å²) in [5, 5.41) is 9.10. The SMILES string of the molecule is CC(C)c1cc(F)cc(-c2cccnc2)c1CC(=O)O. The van der Waals surface area contributed by atoms with E-state index in [9.17, 15) is 9.18 Å². The van der Waals surface area contributed by atoms with Crippen LogP contribution in [-0.2, 0) is 11.2 Å². The van der Waals surface area contributed by atoms with Gasteiger partial charge in [-0.3, -0.25) is 9.78 Å². The average molecular weight is 273 g/mol. The highest BCUT2D eigenvalue weighted by Gasteiger charge is 2.17. The summed E-state index contributed by atoms with van der Waals surface area (Å²) in [5.41, 5.74) is 2.71. The van der Waals surface area contributed by atoms with Gasteiger partial charge in [-0.1, -0.05) is 19.9 Å². The molecule has 0 atom stereocenters. The van der Waals surface area contributed by atoms with Crippen molar-refractivity contribution in [1.29, 1.82) is 0 Å². The molecule has 20 heavy (non-hydrogen) atoms. The molecule has 0 aliphatic rings. The van der Waals surface area contributed by atoms with Crippen LogP contribution >= 0.6 is 0 Å². The second-order valence-electron chi connectivity index (χ2n) is 4.99. The summed E-state index contributed by atoms with van der Waals surface area (Å²) in [4.78, 5) is 15.1. The van der Waals surface area contributed by atoms with E-state index in [2.05, 4.69) is 4.98 Å². The van der Waals surface area contributed by atoms with Gasteiger partial charge in [-0.25, -0.2) is 4.39 Å². The number of carbonyl (C=O) groups is 1. The van der Waals surface area contributed by atoms with Crippen LogP contribution in [0, 0.1) is 5.82 Å². The Labute approximate surface area is 117 Å². The Balaban J connectivity index is 2.68. The third-order valence-corrected chi connectivity index (χ3v) is 3.17. The first-order valence-corrected chi connectivity index (χ1v) is 6.43. The number of hydrogen-bond donors (Lipinski definition) is 1. The van der Waals surface area contributed by atoms with Gasteiger partial charge in [0.15, 0.2) is 0 Å². The minimum absolute atomic E-state index is 0.0514. The highest BCUT2D eigenvalue weighted by molar-refractivity contribution is 5.77. The molecule has 0 radical (unpaired) electrons. The first-order chi connectivity index (χ1) is 9.49. The molecule has 3 nitrogen and oxygen atoms in total. The molecule has 1 heterocycles. The maximum Gasteiger partial charge on any atom is 0.307 e. The number of carboxylic acid groups (broad SMARTS) is 1. The van der Waals surface area contributed by atoms with Crippen molar-refractivity contribution < 1.29 is 14.3 Å². The van der Waals surface area contributed by atoms with E-state index < -0.39 is 5.97 Å². The van der Waals surface area contributed by atoms with Crippen molar-refractivity contribution in [2.45, 2.75) is 26.2 Å². The zero-order chi connectivity index (χ0) is 14.7. The van der Waals surface area contributed by atoms with Gasteiger partial charge in [-0.15, -0.1) is 0 Å². The molecule has 0 saturated carbocycles. The lowest BCUT2D eigenvalue weighted by Crippen LogP contribution is -2.07. The van der Waals surface area contributed by atoms with Gasteiger partial charge in [0.05, 0.1) is 6.42 Å². The van der Waals surface area contributed by atoms with Gasteiger partial charge in [0.1, 0.15) is 5.82 Å². The minimum Gasteiger partial charge on any atom is -0.481 e. The summed E-state index contributed by atoms with van der Waals surface area (Å²) < 4.78 is 13.8. The summed E-state index contributed by atoms with van der Waals surface area (Å²) in [6.07, 6.45) is 3.12. The molecule has 0 aliphatic heterocycles. The van der Waals surface area contributed by atoms with Crippen LogP contribution in [0.5, 0.6) is 0 Å². The number of pyridine rings is 1. The second kappa shape index (κ2) is 5.82. The summed E-state index contributed by atoms with van der Waals surface area (Å²) >= 11 is 0. The molecule has 0 spiro atoms. The third-order valence-electron chi connectivity index (χ3n) is 3.17. The van der Waals surface area contributed by atoms with Crippen molar-refractivity contribution in [1.82, 2.24) is 4.98 Å². The van der Waals surface area contributed by atoms with E-state index in [1.165, 1.54) is 12.1 Å². The number of hydrogen-bond acceptors (Lipinski definition) is 2. The molecule has 1 N–H and O–H groups in total. The Morgan fingerprint density at radius 3 is 2.70 bits per heavy atom. The van der Waals surface area contributed by atoms with Gasteiger partial charge < -0.3 is 5.11 Å². The van der Waals surface area contributed by atoms with E-state index in [1.54, 1.807) is 24.5 Å². The van der Waals surface area contributed by atoms with Crippen LogP contribution in [0.4, 0.5) is 4.39 Å². The molecule has 2 aromatic rings. The number of aromatic nitrogens is 1. The van der Waals surface area contributed by atoms with Gasteiger partial charge in [-0.05, 0) is 40.8 Å². The number of carboxylic acids is 1. The van der Waals surface area contributed by atoms with E-state index in [4.69, 9.17) is 5.11 Å². The van der Waals surface area contributed by atoms with E-state index in [0.717, 1.165) is 11.1 Å². The standard InChI is InChI=1S/C16H16FNO2/c1-10(2)13-6-12(17)7-14(15(13)8-16(19)20)11-4-3-5-18-9-11/h3-7,9-10H,8H2,1-2H3,(H,19,20). The van der Waals surface area contributed by atoms with E-state index in [-0.39, 0.29) is 18.2 Å². The lowest BCUT2D eigenvalue weighted by Gasteiger charge is -2.16. The fourth-order valence-electron chi connectivity index (χ4n) is 2.30. The maximum absolute atomic E-state index is 13.8. The average Bonchev–Trinajstić information content (AvgIpc) is 2.40. The Kier molecular flexibility index (Phi) is 4.13. The predicted octanol–water partition coefficient (Wildman–Crippen LogP) is 3.64. The molecular formula is C16H16FNO2. The van der Waals surface area contributed by atoms with Crippen molar-refractivity contribution >= 4 is 5.97 Å². The number of nitrogens with zero attached hydrogens (tertiary/aromatic N) is 1. The molecule has 0 aliphatic carbocycles. The highest BCUT2D eigenvalue weighted by atomic mass is 19.1. The van der Waals surface area contributed by atoms with Crippen LogP contribution in [-0.4, -0.2) is 16.1 Å². The van der Waals surface area contributed by atoms with Gasteiger partial charge in [-0.2, -0.15) is 0 Å². The molecule has 4 heteroatoms. The molecule has 0 fully saturated rings. The van der Waals surface area contributed by atoms with Crippen molar-refractivity contribution in [2.75, 3.05) is 0 Å². The van der Waals surface area contributed by atoms with Crippen molar-refractivity contribution in [3.05, 3.63) is 53.6 Å². The lowest BCUT2D eigenvalue weighted by molar-refractivity contribution is -0.136. The van der Waals surface area contributed by atoms with Gasteiger partial charge in [0, 0.05) is 18.0 Å². The van der Waals surface area contributed by atoms with Crippen LogP contribution in [0.1, 0.15) is 30.9 Å². The molecule has 2 rings (SSSR count). The first-order valence-electron chi connectivity index (χ1n) is 6.43. The zero-order valence-corrected chi connectivity index (χ0v) is 11.4. The molecule has 0 saturated heterocycles. The Hall–Kier alpha value is -2.23. The largest absolute Gasteiger partial charge is 0.481 e. The molecular weight excluding hydrogens is 257 g/mol. The summed E-state index contributed by atoms with van der Waals surface area (Å²) in [6.45, 7) is 3.85. The topological polar surface area (TPSA) is 50.2 Å². The summed E-state index contributed by atoms with van der Waals surface area (Å²) in [6, 6.07) is 6.35. The zero-order valence-electron chi connectivity index (χ0n) is 11.4. The number of benzene rings is 1. The highest BCUT2D eigenvalue weighted by Crippen LogP contribution is 2.31. The monoisotopic (exact) mass is 273 g/mol. The first kappa shape index (κ1) is 14.2. The molecule has 104 valence electrons. The van der Waals surface area contributed by atoms with Gasteiger partial charge in [0.2, 0.25) is 0 Å². The quantitative estimate of drug-likeness (QED) is 0.925. The second-order valence-corrected chi connectivity index (χ2v) is 4.99. The fourth-order valence-corrected chi connectivity index (χ4v) is 2.30. The molecule has 1 aromatic carbocycles. The van der Waals surface area contributed by atoms with E-state index in [0.29, 0.717) is 11.1 Å². The Morgan fingerprint density at radius 1 is 1.40 bits per heavy atom. The van der Waals surface area contributed by atoms with Crippen LogP contribution in [0.25, 0.3) is 11.1 Å². The lowest BCUT2D eigenvalue weighted by atomic mass is 9.89.